The van der Waals surface area contributed by atoms with E-state index in [9.17, 15) is 9.18 Å². The molecule has 5 rings (SSSR count). The van der Waals surface area contributed by atoms with Gasteiger partial charge in [0, 0.05) is 23.3 Å². The predicted molar refractivity (Wildman–Crippen MR) is 121 cm³/mol. The molecule has 0 amide bonds. The minimum absolute atomic E-state index is 0.121. The second-order valence-electron chi connectivity index (χ2n) is 8.27. The van der Waals surface area contributed by atoms with Gasteiger partial charge in [0.1, 0.15) is 30.5 Å². The zero-order valence-corrected chi connectivity index (χ0v) is 18.6. The maximum Gasteiger partial charge on any atom is 0.338 e. The third kappa shape index (κ3) is 5.21. The molecule has 3 aromatic carbocycles. The normalized spacial score (nSPS) is 19.2. The number of hydrogen-bond acceptors (Lipinski definition) is 6. The third-order valence-corrected chi connectivity index (χ3v) is 5.80. The lowest BCUT2D eigenvalue weighted by Crippen LogP contribution is -2.20. The van der Waals surface area contributed by atoms with Crippen molar-refractivity contribution in [1.82, 2.24) is 0 Å². The van der Waals surface area contributed by atoms with E-state index in [2.05, 4.69) is 0 Å². The van der Waals surface area contributed by atoms with Crippen molar-refractivity contribution < 1.29 is 32.9 Å². The van der Waals surface area contributed by atoms with Crippen molar-refractivity contribution in [2.24, 2.45) is 0 Å². The Morgan fingerprint density at radius 2 is 1.85 bits per heavy atom. The van der Waals surface area contributed by atoms with Crippen LogP contribution in [-0.2, 0) is 27.4 Å². The van der Waals surface area contributed by atoms with E-state index in [1.165, 1.54) is 12.1 Å². The standard InChI is InChI=1S/C27H25FO6/c28-22-13-20(25-21(14-22)16-33-27(34-25)19-5-2-1-3-6-19)15-32-26(29)18-8-10-23(11-9-18)31-17-24-7-4-12-30-24/h1-3,5-6,8-11,13-14,24,27H,4,7,12,15-17H2/t24-,27+/m1/s1. The molecule has 0 bridgehead atoms. The molecule has 6 nitrogen and oxygen atoms in total. The fourth-order valence-corrected chi connectivity index (χ4v) is 4.04. The number of rotatable bonds is 7. The molecule has 2 heterocycles. The molecule has 2 atom stereocenters. The van der Waals surface area contributed by atoms with E-state index in [4.69, 9.17) is 23.7 Å². The van der Waals surface area contributed by atoms with Crippen LogP contribution in [0.2, 0.25) is 0 Å². The maximum absolute atomic E-state index is 14.2. The molecule has 0 radical (unpaired) electrons. The Kier molecular flexibility index (Phi) is 6.74. The van der Waals surface area contributed by atoms with Crippen molar-refractivity contribution in [3.8, 4) is 11.5 Å². The van der Waals surface area contributed by atoms with Gasteiger partial charge in [-0.2, -0.15) is 0 Å². The van der Waals surface area contributed by atoms with Crippen molar-refractivity contribution in [1.29, 1.82) is 0 Å². The smallest absolute Gasteiger partial charge is 0.338 e. The van der Waals surface area contributed by atoms with Gasteiger partial charge >= 0.3 is 5.97 Å². The van der Waals surface area contributed by atoms with Crippen LogP contribution in [-0.4, -0.2) is 25.3 Å². The number of halogens is 1. The summed E-state index contributed by atoms with van der Waals surface area (Å²) < 4.78 is 42.7. The van der Waals surface area contributed by atoms with Crippen molar-refractivity contribution in [3.05, 3.63) is 94.8 Å². The van der Waals surface area contributed by atoms with Crippen LogP contribution in [0.25, 0.3) is 0 Å². The summed E-state index contributed by atoms with van der Waals surface area (Å²) in [7, 11) is 0. The van der Waals surface area contributed by atoms with Crippen molar-refractivity contribution in [3.63, 3.8) is 0 Å². The SMILES string of the molecule is O=C(OCc1cc(F)cc2c1O[C@@H](c1ccccc1)OC2)c1ccc(OC[C@H]2CCCO2)cc1. The van der Waals surface area contributed by atoms with Gasteiger partial charge in [-0.3, -0.25) is 0 Å². The summed E-state index contributed by atoms with van der Waals surface area (Å²) in [6.07, 6.45) is 1.56. The molecule has 0 saturated carbocycles. The fourth-order valence-electron chi connectivity index (χ4n) is 4.04. The van der Waals surface area contributed by atoms with Crippen LogP contribution in [0.15, 0.2) is 66.7 Å². The van der Waals surface area contributed by atoms with Gasteiger partial charge < -0.3 is 23.7 Å². The van der Waals surface area contributed by atoms with Gasteiger partial charge in [0.25, 0.3) is 0 Å². The number of benzene rings is 3. The molecule has 0 aliphatic carbocycles. The summed E-state index contributed by atoms with van der Waals surface area (Å²) in [5.74, 6) is 0.178. The number of ether oxygens (including phenoxy) is 5. The minimum Gasteiger partial charge on any atom is -0.491 e. The van der Waals surface area contributed by atoms with Gasteiger partial charge in [-0.1, -0.05) is 30.3 Å². The number of carbonyl (C=O) groups is 1. The number of esters is 1. The fraction of sp³-hybridized carbons (Fsp3) is 0.296. The van der Waals surface area contributed by atoms with Crippen LogP contribution >= 0.6 is 0 Å². The quantitative estimate of drug-likeness (QED) is 0.440. The van der Waals surface area contributed by atoms with E-state index in [1.807, 2.05) is 30.3 Å². The zero-order chi connectivity index (χ0) is 23.3. The third-order valence-electron chi connectivity index (χ3n) is 5.80. The average molecular weight is 464 g/mol. The molecule has 1 saturated heterocycles. The highest BCUT2D eigenvalue weighted by Crippen LogP contribution is 2.37. The first-order chi connectivity index (χ1) is 16.7. The number of hydrogen-bond donors (Lipinski definition) is 0. The summed E-state index contributed by atoms with van der Waals surface area (Å²) in [5, 5.41) is 0. The Hall–Kier alpha value is -3.42. The van der Waals surface area contributed by atoms with E-state index >= 15 is 0 Å². The monoisotopic (exact) mass is 464 g/mol. The van der Waals surface area contributed by atoms with Crippen LogP contribution in [0.1, 0.15) is 46.2 Å². The van der Waals surface area contributed by atoms with Gasteiger partial charge in [-0.25, -0.2) is 9.18 Å². The van der Waals surface area contributed by atoms with Gasteiger partial charge in [-0.15, -0.1) is 0 Å². The molecule has 1 fully saturated rings. The van der Waals surface area contributed by atoms with Crippen LogP contribution in [0.3, 0.4) is 0 Å². The second-order valence-corrected chi connectivity index (χ2v) is 8.27. The van der Waals surface area contributed by atoms with Crippen LogP contribution in [0.5, 0.6) is 11.5 Å². The largest absolute Gasteiger partial charge is 0.491 e. The van der Waals surface area contributed by atoms with Gasteiger partial charge in [0.15, 0.2) is 0 Å². The lowest BCUT2D eigenvalue weighted by Gasteiger charge is -2.28. The molecule has 7 heteroatoms. The summed E-state index contributed by atoms with van der Waals surface area (Å²) in [4.78, 5) is 12.6. The Morgan fingerprint density at radius 3 is 2.62 bits per heavy atom. The van der Waals surface area contributed by atoms with E-state index in [1.54, 1.807) is 24.3 Å². The number of fused-ring (bicyclic) bond motifs is 1. The molecule has 2 aliphatic heterocycles. The predicted octanol–water partition coefficient (Wildman–Crippen LogP) is 5.35. The topological polar surface area (TPSA) is 63.2 Å². The molecule has 176 valence electrons. The van der Waals surface area contributed by atoms with Gasteiger partial charge in [-0.05, 0) is 49.2 Å². The Bertz CT molecular complexity index is 1130. The highest BCUT2D eigenvalue weighted by Gasteiger charge is 2.26. The first-order valence-electron chi connectivity index (χ1n) is 11.3. The first kappa shape index (κ1) is 22.4. The first-order valence-corrected chi connectivity index (χ1v) is 11.3. The molecule has 0 unspecified atom stereocenters. The molecule has 2 aliphatic rings. The second kappa shape index (κ2) is 10.2. The van der Waals surface area contributed by atoms with E-state index < -0.39 is 18.1 Å². The summed E-state index contributed by atoms with van der Waals surface area (Å²) in [6, 6.07) is 18.9. The molecule has 0 N–H and O–H groups in total. The average Bonchev–Trinajstić information content (AvgIpc) is 3.40. The lowest BCUT2D eigenvalue weighted by molar-refractivity contribution is -0.112. The Morgan fingerprint density at radius 1 is 1.03 bits per heavy atom. The highest BCUT2D eigenvalue weighted by atomic mass is 19.1. The zero-order valence-electron chi connectivity index (χ0n) is 18.6. The molecule has 0 spiro atoms. The van der Waals surface area contributed by atoms with E-state index in [-0.39, 0.29) is 19.3 Å². The molecular formula is C27H25FO6. The molecular weight excluding hydrogens is 439 g/mol. The minimum atomic E-state index is -0.615. The summed E-state index contributed by atoms with van der Waals surface area (Å²) in [5.41, 5.74) is 2.25. The van der Waals surface area contributed by atoms with Crippen LogP contribution in [0.4, 0.5) is 4.39 Å². The van der Waals surface area contributed by atoms with Crippen LogP contribution in [0, 0.1) is 5.82 Å². The molecule has 34 heavy (non-hydrogen) atoms. The number of carbonyl (C=O) groups excluding carboxylic acids is 1. The highest BCUT2D eigenvalue weighted by molar-refractivity contribution is 5.89. The van der Waals surface area contributed by atoms with Crippen molar-refractivity contribution in [2.75, 3.05) is 13.2 Å². The van der Waals surface area contributed by atoms with Crippen LogP contribution < -0.4 is 9.47 Å². The van der Waals surface area contributed by atoms with Gasteiger partial charge in [0.2, 0.25) is 6.29 Å². The van der Waals surface area contributed by atoms with E-state index in [0.717, 1.165) is 25.0 Å². The summed E-state index contributed by atoms with van der Waals surface area (Å²) in [6.45, 7) is 1.33. The van der Waals surface area contributed by atoms with Crippen molar-refractivity contribution in [2.45, 2.75) is 38.4 Å². The van der Waals surface area contributed by atoms with Crippen molar-refractivity contribution >= 4 is 5.97 Å². The van der Waals surface area contributed by atoms with E-state index in [0.29, 0.717) is 34.8 Å². The summed E-state index contributed by atoms with van der Waals surface area (Å²) >= 11 is 0. The Balaban J connectivity index is 1.22. The molecule has 0 aromatic heterocycles. The molecule has 3 aromatic rings. The Labute approximate surface area is 197 Å². The maximum atomic E-state index is 14.2. The van der Waals surface area contributed by atoms with Gasteiger partial charge in [0.05, 0.1) is 18.3 Å². The lowest BCUT2D eigenvalue weighted by atomic mass is 10.1.